The summed E-state index contributed by atoms with van der Waals surface area (Å²) in [5.41, 5.74) is 0. The Morgan fingerprint density at radius 3 is 2.32 bits per heavy atom. The molecule has 1 N–H and O–H groups in total. The van der Waals surface area contributed by atoms with E-state index in [0.29, 0.717) is 32.7 Å². The Morgan fingerprint density at radius 1 is 1.18 bits per heavy atom. The second kappa shape index (κ2) is 8.69. The Labute approximate surface area is 138 Å². The van der Waals surface area contributed by atoms with Crippen molar-refractivity contribution in [3.63, 3.8) is 0 Å². The molecule has 6 nitrogen and oxygen atoms in total. The fourth-order valence-corrected chi connectivity index (χ4v) is 3.13. The summed E-state index contributed by atoms with van der Waals surface area (Å²) >= 11 is 0. The highest BCUT2D eigenvalue weighted by molar-refractivity contribution is 7.88. The molecule has 0 aliphatic carbocycles. The lowest BCUT2D eigenvalue weighted by molar-refractivity contribution is 0.0570. The molecule has 1 aliphatic heterocycles. The van der Waals surface area contributed by atoms with E-state index >= 15 is 0 Å². The van der Waals surface area contributed by atoms with Crippen LogP contribution in [0.4, 0.5) is 0 Å². The standard InChI is InChI=1S/C14H22N2O4S.ClH/c1-21(18,19)16-9-7-15(8-10-16)11-13(17)12-20-14-5-3-2-4-6-14;/h2-6,13,17H,7-12H2,1H3;1H. The van der Waals surface area contributed by atoms with Crippen molar-refractivity contribution in [1.82, 2.24) is 9.21 Å². The van der Waals surface area contributed by atoms with E-state index in [4.69, 9.17) is 4.74 Å². The van der Waals surface area contributed by atoms with Gasteiger partial charge in [-0.05, 0) is 12.1 Å². The molecular weight excluding hydrogens is 328 g/mol. The third-order valence-electron chi connectivity index (χ3n) is 3.45. The van der Waals surface area contributed by atoms with Gasteiger partial charge in [-0.2, -0.15) is 4.31 Å². The van der Waals surface area contributed by atoms with Crippen molar-refractivity contribution in [3.05, 3.63) is 30.3 Å². The Balaban J connectivity index is 0.00000242. The van der Waals surface area contributed by atoms with E-state index in [1.54, 1.807) is 0 Å². The van der Waals surface area contributed by atoms with Crippen LogP contribution in [0.2, 0.25) is 0 Å². The number of benzene rings is 1. The minimum atomic E-state index is -3.10. The Hall–Kier alpha value is -0.860. The van der Waals surface area contributed by atoms with Crippen molar-refractivity contribution in [2.24, 2.45) is 0 Å². The number of β-amino-alcohol motifs (C(OH)–C–C–N with tert-alkyl or cyclic N) is 1. The number of aliphatic hydroxyl groups is 1. The van der Waals surface area contributed by atoms with E-state index in [1.165, 1.54) is 10.6 Å². The van der Waals surface area contributed by atoms with E-state index in [-0.39, 0.29) is 19.0 Å². The lowest BCUT2D eigenvalue weighted by Crippen LogP contribution is -2.50. The molecule has 0 bridgehead atoms. The van der Waals surface area contributed by atoms with Gasteiger partial charge in [0, 0.05) is 32.7 Å². The number of ether oxygens (including phenoxy) is 1. The molecule has 0 radical (unpaired) electrons. The van der Waals surface area contributed by atoms with Crippen LogP contribution in [0.1, 0.15) is 0 Å². The van der Waals surface area contributed by atoms with Crippen molar-refractivity contribution in [3.8, 4) is 5.75 Å². The van der Waals surface area contributed by atoms with Crippen molar-refractivity contribution < 1.29 is 18.3 Å². The second-order valence-corrected chi connectivity index (χ2v) is 7.22. The van der Waals surface area contributed by atoms with Gasteiger partial charge in [-0.3, -0.25) is 4.90 Å². The van der Waals surface area contributed by atoms with Crippen LogP contribution < -0.4 is 4.74 Å². The SMILES string of the molecule is CS(=O)(=O)N1CCN(CC(O)COc2ccccc2)CC1.Cl. The number of piperazine rings is 1. The molecule has 8 heteroatoms. The summed E-state index contributed by atoms with van der Waals surface area (Å²) in [5.74, 6) is 0.735. The molecule has 0 aromatic heterocycles. The molecule has 0 spiro atoms. The van der Waals surface area contributed by atoms with Crippen LogP contribution in [0.15, 0.2) is 30.3 Å². The highest BCUT2D eigenvalue weighted by atomic mass is 35.5. The first kappa shape index (κ1) is 19.2. The van der Waals surface area contributed by atoms with Crippen molar-refractivity contribution in [1.29, 1.82) is 0 Å². The molecule has 1 unspecified atom stereocenters. The number of hydrogen-bond donors (Lipinski definition) is 1. The summed E-state index contributed by atoms with van der Waals surface area (Å²) in [6, 6.07) is 9.36. The highest BCUT2D eigenvalue weighted by Gasteiger charge is 2.24. The van der Waals surface area contributed by atoms with E-state index in [9.17, 15) is 13.5 Å². The maximum atomic E-state index is 11.4. The number of para-hydroxylation sites is 1. The number of nitrogens with zero attached hydrogens (tertiary/aromatic N) is 2. The highest BCUT2D eigenvalue weighted by Crippen LogP contribution is 2.10. The quantitative estimate of drug-likeness (QED) is 0.805. The minimum absolute atomic E-state index is 0. The summed E-state index contributed by atoms with van der Waals surface area (Å²) in [5, 5.41) is 9.99. The number of hydrogen-bond acceptors (Lipinski definition) is 5. The smallest absolute Gasteiger partial charge is 0.211 e. The summed E-state index contributed by atoms with van der Waals surface area (Å²) in [4.78, 5) is 2.06. The summed E-state index contributed by atoms with van der Waals surface area (Å²) < 4.78 is 29.8. The molecule has 22 heavy (non-hydrogen) atoms. The van der Waals surface area contributed by atoms with Crippen LogP contribution in [-0.2, 0) is 10.0 Å². The summed E-state index contributed by atoms with van der Waals surface area (Å²) in [7, 11) is -3.10. The molecule has 1 fully saturated rings. The minimum Gasteiger partial charge on any atom is -0.491 e. The average molecular weight is 351 g/mol. The average Bonchev–Trinajstić information content (AvgIpc) is 2.46. The van der Waals surface area contributed by atoms with Crippen molar-refractivity contribution in [2.75, 3.05) is 45.6 Å². The zero-order valence-corrected chi connectivity index (χ0v) is 14.2. The predicted octanol–water partition coefficient (Wildman–Crippen LogP) is 0.425. The number of halogens is 1. The van der Waals surface area contributed by atoms with E-state index in [1.807, 2.05) is 30.3 Å². The lowest BCUT2D eigenvalue weighted by Gasteiger charge is -2.34. The van der Waals surface area contributed by atoms with Gasteiger partial charge in [0.1, 0.15) is 18.5 Å². The molecular formula is C14H23ClN2O4S. The van der Waals surface area contributed by atoms with Gasteiger partial charge in [0.2, 0.25) is 10.0 Å². The number of sulfonamides is 1. The van der Waals surface area contributed by atoms with Gasteiger partial charge in [-0.25, -0.2) is 8.42 Å². The molecule has 1 aromatic rings. The normalized spacial score (nSPS) is 18.5. The molecule has 1 atom stereocenters. The first-order valence-electron chi connectivity index (χ1n) is 6.98. The fourth-order valence-electron chi connectivity index (χ4n) is 2.30. The van der Waals surface area contributed by atoms with Crippen LogP contribution in [0, 0.1) is 0 Å². The van der Waals surface area contributed by atoms with Gasteiger partial charge in [0.05, 0.1) is 6.26 Å². The topological polar surface area (TPSA) is 70.1 Å². The molecule has 0 amide bonds. The second-order valence-electron chi connectivity index (χ2n) is 5.24. The van der Waals surface area contributed by atoms with Gasteiger partial charge in [0.15, 0.2) is 0 Å². The van der Waals surface area contributed by atoms with Crippen LogP contribution in [0.5, 0.6) is 5.75 Å². The van der Waals surface area contributed by atoms with Gasteiger partial charge in [-0.15, -0.1) is 12.4 Å². The molecule has 0 saturated carbocycles. The van der Waals surface area contributed by atoms with E-state index < -0.39 is 16.1 Å². The molecule has 1 heterocycles. The van der Waals surface area contributed by atoms with Crippen molar-refractivity contribution in [2.45, 2.75) is 6.10 Å². The van der Waals surface area contributed by atoms with Crippen LogP contribution in [0.3, 0.4) is 0 Å². The monoisotopic (exact) mass is 350 g/mol. The Bertz CT molecular complexity index is 533. The van der Waals surface area contributed by atoms with Crippen LogP contribution in [0.25, 0.3) is 0 Å². The van der Waals surface area contributed by atoms with E-state index in [2.05, 4.69) is 4.90 Å². The fraction of sp³-hybridized carbons (Fsp3) is 0.571. The molecule has 2 rings (SSSR count). The van der Waals surface area contributed by atoms with Gasteiger partial charge >= 0.3 is 0 Å². The third-order valence-corrected chi connectivity index (χ3v) is 4.76. The van der Waals surface area contributed by atoms with Crippen LogP contribution in [-0.4, -0.2) is 74.4 Å². The van der Waals surface area contributed by atoms with Gasteiger partial charge in [-0.1, -0.05) is 18.2 Å². The molecule has 1 saturated heterocycles. The Kier molecular flexibility index (Phi) is 7.58. The Morgan fingerprint density at radius 2 is 1.77 bits per heavy atom. The molecule has 1 aromatic carbocycles. The summed E-state index contributed by atoms with van der Waals surface area (Å²) in [6.07, 6.45) is 0.639. The molecule has 126 valence electrons. The zero-order valence-electron chi connectivity index (χ0n) is 12.6. The first-order valence-corrected chi connectivity index (χ1v) is 8.83. The molecule has 1 aliphatic rings. The lowest BCUT2D eigenvalue weighted by atomic mass is 10.3. The zero-order chi connectivity index (χ0) is 15.3. The number of rotatable bonds is 6. The predicted molar refractivity (Wildman–Crippen MR) is 88.0 cm³/mol. The van der Waals surface area contributed by atoms with Crippen LogP contribution >= 0.6 is 12.4 Å². The maximum Gasteiger partial charge on any atom is 0.211 e. The van der Waals surface area contributed by atoms with Crippen molar-refractivity contribution >= 4 is 22.4 Å². The van der Waals surface area contributed by atoms with Gasteiger partial charge in [0.25, 0.3) is 0 Å². The van der Waals surface area contributed by atoms with Gasteiger partial charge < -0.3 is 9.84 Å². The largest absolute Gasteiger partial charge is 0.491 e. The maximum absolute atomic E-state index is 11.4. The number of aliphatic hydroxyl groups excluding tert-OH is 1. The first-order chi connectivity index (χ1) is 9.95. The summed E-state index contributed by atoms with van der Waals surface area (Å²) in [6.45, 7) is 2.95. The third kappa shape index (κ3) is 6.10. The van der Waals surface area contributed by atoms with E-state index in [0.717, 1.165) is 5.75 Å².